The van der Waals surface area contributed by atoms with E-state index in [9.17, 15) is 17.6 Å². The van der Waals surface area contributed by atoms with E-state index in [0.29, 0.717) is 42.5 Å². The van der Waals surface area contributed by atoms with Crippen LogP contribution in [0.2, 0.25) is 0 Å². The van der Waals surface area contributed by atoms with Crippen LogP contribution in [0.5, 0.6) is 11.5 Å². The Morgan fingerprint density at radius 1 is 0.583 bits per heavy atom. The third-order valence-electron chi connectivity index (χ3n) is 7.71. The number of methoxy groups -OCH3 is 1. The van der Waals surface area contributed by atoms with Crippen molar-refractivity contribution in [1.29, 1.82) is 0 Å². The minimum atomic E-state index is -0.304. The van der Waals surface area contributed by atoms with Crippen LogP contribution in [0.15, 0.2) is 84.9 Å². The monoisotopic (exact) mass is 668 g/mol. The van der Waals surface area contributed by atoms with Gasteiger partial charge >= 0.3 is 0 Å². The third kappa shape index (κ3) is 13.7. The first-order valence-corrected chi connectivity index (χ1v) is 16.6. The molecule has 5 rings (SSSR count). The van der Waals surface area contributed by atoms with Gasteiger partial charge in [0.15, 0.2) is 23.1 Å². The maximum absolute atomic E-state index is 13.5. The molecule has 1 aliphatic heterocycles. The largest absolute Gasteiger partial charge is 0.494 e. The summed E-state index contributed by atoms with van der Waals surface area (Å²) in [7, 11) is 1.47. The maximum atomic E-state index is 13.5. The topological polar surface area (TPSA) is 27.7 Å². The quantitative estimate of drug-likeness (QED) is 0.183. The van der Waals surface area contributed by atoms with Crippen molar-refractivity contribution in [2.75, 3.05) is 20.3 Å². The van der Waals surface area contributed by atoms with Crippen molar-refractivity contribution in [2.24, 2.45) is 0 Å². The molecule has 1 heterocycles. The van der Waals surface area contributed by atoms with Crippen molar-refractivity contribution in [1.82, 2.24) is 0 Å². The van der Waals surface area contributed by atoms with Crippen LogP contribution < -0.4 is 9.47 Å². The van der Waals surface area contributed by atoms with Crippen molar-refractivity contribution in [2.45, 2.75) is 91.6 Å². The number of halogens is 4. The number of hydrogen-bond donors (Lipinski definition) is 0. The highest BCUT2D eigenvalue weighted by atomic mass is 19.1. The molecule has 4 aromatic carbocycles. The molecule has 0 bridgehead atoms. The lowest BCUT2D eigenvalue weighted by Gasteiger charge is -2.14. The van der Waals surface area contributed by atoms with Crippen LogP contribution in [-0.2, 0) is 4.74 Å². The van der Waals surface area contributed by atoms with E-state index in [2.05, 4.69) is 41.5 Å². The molecule has 0 N–H and O–H groups in total. The molecule has 0 aliphatic carbocycles. The molecule has 0 spiro atoms. The lowest BCUT2D eigenvalue weighted by molar-refractivity contribution is 0.138. The van der Waals surface area contributed by atoms with E-state index in [0.717, 1.165) is 23.1 Å². The van der Waals surface area contributed by atoms with Gasteiger partial charge in [0.2, 0.25) is 0 Å². The third-order valence-corrected chi connectivity index (χ3v) is 7.71. The van der Waals surface area contributed by atoms with Crippen molar-refractivity contribution < 1.29 is 31.8 Å². The molecule has 1 atom stereocenters. The van der Waals surface area contributed by atoms with Gasteiger partial charge in [-0.25, -0.2) is 17.6 Å². The summed E-state index contributed by atoms with van der Waals surface area (Å²) in [4.78, 5) is 0. The molecule has 48 heavy (non-hydrogen) atoms. The van der Waals surface area contributed by atoms with E-state index >= 15 is 0 Å². The fraction of sp³-hybridized carbons (Fsp3) is 0.415. The molecular formula is C41H52F4O3. The first-order chi connectivity index (χ1) is 22.7. The van der Waals surface area contributed by atoms with E-state index < -0.39 is 0 Å². The maximum Gasteiger partial charge on any atom is 0.165 e. The Balaban J connectivity index is 0.000000227. The number of benzene rings is 4. The van der Waals surface area contributed by atoms with Gasteiger partial charge in [-0.1, -0.05) is 97.9 Å². The second kappa shape index (κ2) is 20.5. The van der Waals surface area contributed by atoms with Gasteiger partial charge in [-0.2, -0.15) is 0 Å². The smallest absolute Gasteiger partial charge is 0.165 e. The minimum absolute atomic E-state index is 0.00286. The van der Waals surface area contributed by atoms with Crippen LogP contribution in [0.1, 0.15) is 108 Å². The molecule has 0 radical (unpaired) electrons. The average molecular weight is 669 g/mol. The Labute approximate surface area is 285 Å². The Kier molecular flexibility index (Phi) is 17.2. The first kappa shape index (κ1) is 40.3. The summed E-state index contributed by atoms with van der Waals surface area (Å²) < 4.78 is 67.3. The van der Waals surface area contributed by atoms with Crippen molar-refractivity contribution >= 4 is 0 Å². The zero-order chi connectivity index (χ0) is 35.8. The summed E-state index contributed by atoms with van der Waals surface area (Å²) in [6.45, 7) is 17.7. The minimum Gasteiger partial charge on any atom is -0.494 e. The van der Waals surface area contributed by atoms with E-state index in [1.54, 1.807) is 30.3 Å². The standard InChI is InChI=1S/C13H17FO2.C10H13FO.2C9H11F/c1-9(2)10-3-4-12(14)13(7-10)16-11-5-6-15-8-11;1-7(2)8-4-5-9(11)10(6-8)12-3;1-7(2)8-3-5-9(10)6-4-8;1-7(2)8-5-3-4-6-9(8)10/h3-4,7,9,11H,5-6,8H2,1-2H3;4-7H,1-3H3;2*3-7H,1-2H3/t11-;;;/m1.../s1. The number of ether oxygens (including phenoxy) is 3. The summed E-state index contributed by atoms with van der Waals surface area (Å²) in [5.74, 6) is 1.35. The fourth-order valence-electron chi connectivity index (χ4n) is 4.58. The Hall–Kier alpha value is -3.84. The highest BCUT2D eigenvalue weighted by Gasteiger charge is 2.19. The Morgan fingerprint density at radius 2 is 1.08 bits per heavy atom. The van der Waals surface area contributed by atoms with Gasteiger partial charge in [-0.3, -0.25) is 0 Å². The van der Waals surface area contributed by atoms with E-state index in [-0.39, 0.29) is 35.3 Å². The molecule has 0 amide bonds. The van der Waals surface area contributed by atoms with Crippen molar-refractivity contribution in [3.63, 3.8) is 0 Å². The second-order valence-corrected chi connectivity index (χ2v) is 12.9. The summed E-state index contributed by atoms with van der Waals surface area (Å²) in [5.41, 5.74) is 4.16. The summed E-state index contributed by atoms with van der Waals surface area (Å²) in [6.07, 6.45) is 0.836. The van der Waals surface area contributed by atoms with Gasteiger partial charge in [0.25, 0.3) is 0 Å². The van der Waals surface area contributed by atoms with Gasteiger partial charge < -0.3 is 14.2 Å². The predicted octanol–water partition coefficient (Wildman–Crippen LogP) is 12.0. The molecule has 0 unspecified atom stereocenters. The molecule has 1 saturated heterocycles. The van der Waals surface area contributed by atoms with Crippen LogP contribution in [0.3, 0.4) is 0 Å². The Morgan fingerprint density at radius 3 is 1.52 bits per heavy atom. The molecular weight excluding hydrogens is 616 g/mol. The van der Waals surface area contributed by atoms with Gasteiger partial charge in [-0.15, -0.1) is 0 Å². The fourth-order valence-corrected chi connectivity index (χ4v) is 4.58. The van der Waals surface area contributed by atoms with E-state index in [1.807, 2.05) is 38.1 Å². The lowest BCUT2D eigenvalue weighted by atomic mass is 10.0. The van der Waals surface area contributed by atoms with Crippen LogP contribution in [-0.4, -0.2) is 26.4 Å². The molecule has 4 aromatic rings. The summed E-state index contributed by atoms with van der Waals surface area (Å²) in [5, 5.41) is 0. The molecule has 0 aromatic heterocycles. The molecule has 0 saturated carbocycles. The lowest BCUT2D eigenvalue weighted by Crippen LogP contribution is -2.16. The van der Waals surface area contributed by atoms with Gasteiger partial charge in [0.05, 0.1) is 20.3 Å². The average Bonchev–Trinajstić information content (AvgIpc) is 3.56. The van der Waals surface area contributed by atoms with E-state index in [1.165, 1.54) is 43.0 Å². The van der Waals surface area contributed by atoms with Crippen LogP contribution in [0.4, 0.5) is 17.6 Å². The first-order valence-electron chi connectivity index (χ1n) is 16.6. The second-order valence-electron chi connectivity index (χ2n) is 12.9. The SMILES string of the molecule is CC(C)c1ccc(F)c(O[C@@H]2CCOC2)c1.CC(C)c1ccc(F)cc1.CC(C)c1ccccc1F.COc1cc(C(C)C)ccc1F. The van der Waals surface area contributed by atoms with Gasteiger partial charge in [-0.05, 0) is 88.4 Å². The summed E-state index contributed by atoms with van der Waals surface area (Å²) >= 11 is 0. The van der Waals surface area contributed by atoms with Gasteiger partial charge in [0, 0.05) is 6.42 Å². The molecule has 3 nitrogen and oxygen atoms in total. The summed E-state index contributed by atoms with van der Waals surface area (Å²) in [6, 6.07) is 23.5. The zero-order valence-corrected chi connectivity index (χ0v) is 29.8. The van der Waals surface area contributed by atoms with Crippen molar-refractivity contribution in [3.05, 3.63) is 130 Å². The van der Waals surface area contributed by atoms with Crippen LogP contribution >= 0.6 is 0 Å². The molecule has 1 fully saturated rings. The normalized spacial score (nSPS) is 13.7. The number of rotatable bonds is 7. The molecule has 1 aliphatic rings. The van der Waals surface area contributed by atoms with Gasteiger partial charge in [0.1, 0.15) is 17.7 Å². The number of hydrogen-bond acceptors (Lipinski definition) is 3. The highest BCUT2D eigenvalue weighted by molar-refractivity contribution is 5.33. The van der Waals surface area contributed by atoms with Crippen molar-refractivity contribution in [3.8, 4) is 11.5 Å². The van der Waals surface area contributed by atoms with Crippen LogP contribution in [0.25, 0.3) is 0 Å². The zero-order valence-electron chi connectivity index (χ0n) is 29.8. The highest BCUT2D eigenvalue weighted by Crippen LogP contribution is 2.26. The molecule has 7 heteroatoms. The molecule has 262 valence electrons. The predicted molar refractivity (Wildman–Crippen MR) is 188 cm³/mol. The van der Waals surface area contributed by atoms with Crippen LogP contribution in [0, 0.1) is 23.3 Å². The van der Waals surface area contributed by atoms with E-state index in [4.69, 9.17) is 14.2 Å². The Bertz CT molecular complexity index is 1490.